The van der Waals surface area contributed by atoms with Gasteiger partial charge in [0, 0.05) is 6.42 Å². The summed E-state index contributed by atoms with van der Waals surface area (Å²) in [5.74, 6) is -0.591. The van der Waals surface area contributed by atoms with E-state index >= 15 is 0 Å². The first kappa shape index (κ1) is 19.3. The molecule has 0 aliphatic heterocycles. The Morgan fingerprint density at radius 1 is 1.14 bits per heavy atom. The molecule has 2 amide bonds. The van der Waals surface area contributed by atoms with Crippen molar-refractivity contribution in [2.45, 2.75) is 40.0 Å². The first-order chi connectivity index (χ1) is 13.5. The lowest BCUT2D eigenvalue weighted by Crippen LogP contribution is -2.17. The quantitative estimate of drug-likeness (QED) is 0.647. The summed E-state index contributed by atoms with van der Waals surface area (Å²) in [5.41, 5.74) is 3.15. The first-order valence-corrected chi connectivity index (χ1v) is 9.18. The van der Waals surface area contributed by atoms with Crippen LogP contribution in [-0.4, -0.2) is 26.8 Å². The minimum absolute atomic E-state index is 0.0457. The molecule has 0 fully saturated rings. The van der Waals surface area contributed by atoms with Gasteiger partial charge in [0.05, 0.1) is 29.0 Å². The molecule has 146 valence electrons. The van der Waals surface area contributed by atoms with E-state index in [-0.39, 0.29) is 17.4 Å². The Morgan fingerprint density at radius 3 is 2.61 bits per heavy atom. The van der Waals surface area contributed by atoms with Crippen molar-refractivity contribution in [3.8, 4) is 5.69 Å². The molecule has 3 aromatic rings. The smallest absolute Gasteiger partial charge is 0.263 e. The number of benzene rings is 1. The van der Waals surface area contributed by atoms with Gasteiger partial charge in [-0.3, -0.25) is 14.9 Å². The second kappa shape index (κ2) is 8.51. The molecule has 0 saturated carbocycles. The molecule has 0 saturated heterocycles. The summed E-state index contributed by atoms with van der Waals surface area (Å²) in [7, 11) is 0. The molecule has 0 radical (unpaired) electrons. The van der Waals surface area contributed by atoms with Gasteiger partial charge in [0.1, 0.15) is 5.56 Å². The maximum atomic E-state index is 12.7. The summed E-state index contributed by atoms with van der Waals surface area (Å²) in [4.78, 5) is 24.7. The molecule has 0 bridgehead atoms. The molecular formula is C20H23N5O3. The molecule has 8 nitrogen and oxygen atoms in total. The van der Waals surface area contributed by atoms with Gasteiger partial charge < -0.3 is 9.84 Å². The lowest BCUT2D eigenvalue weighted by Gasteiger charge is -2.07. The minimum Gasteiger partial charge on any atom is -0.338 e. The monoisotopic (exact) mass is 381 g/mol. The average molecular weight is 381 g/mol. The molecule has 28 heavy (non-hydrogen) atoms. The number of para-hydroxylation sites is 1. The Labute approximate surface area is 162 Å². The van der Waals surface area contributed by atoms with Crippen LogP contribution in [0.3, 0.4) is 0 Å². The highest BCUT2D eigenvalue weighted by molar-refractivity contribution is 6.09. The van der Waals surface area contributed by atoms with Gasteiger partial charge in [0.25, 0.3) is 5.91 Å². The van der Waals surface area contributed by atoms with Crippen LogP contribution >= 0.6 is 0 Å². The summed E-state index contributed by atoms with van der Waals surface area (Å²) >= 11 is 0. The third kappa shape index (κ3) is 4.11. The van der Waals surface area contributed by atoms with E-state index in [1.165, 1.54) is 6.20 Å². The standard InChI is InChI=1S/C20H23N5O3/c1-4-5-11-17(26)22-20-16(12-21-28-20)19(27)23-18-13(2)24-25(14(18)3)15-9-7-6-8-10-15/h6-10,12H,4-5,11H2,1-3H3,(H,22,26)(H,23,27). The van der Waals surface area contributed by atoms with Gasteiger partial charge in [0.2, 0.25) is 11.8 Å². The molecule has 2 N–H and O–H groups in total. The van der Waals surface area contributed by atoms with Crippen LogP contribution in [0.5, 0.6) is 0 Å². The van der Waals surface area contributed by atoms with Crippen LogP contribution in [0.15, 0.2) is 41.1 Å². The van der Waals surface area contributed by atoms with Gasteiger partial charge in [-0.25, -0.2) is 4.68 Å². The SMILES string of the molecule is CCCCC(=O)Nc1oncc1C(=O)Nc1c(C)nn(-c2ccccc2)c1C. The number of unbranched alkanes of at least 4 members (excludes halogenated alkanes) is 1. The second-order valence-electron chi connectivity index (χ2n) is 6.47. The van der Waals surface area contributed by atoms with Crippen LogP contribution in [0.4, 0.5) is 11.6 Å². The lowest BCUT2D eigenvalue weighted by atomic mass is 10.2. The van der Waals surface area contributed by atoms with E-state index in [4.69, 9.17) is 4.52 Å². The Balaban J connectivity index is 1.79. The number of aromatic nitrogens is 3. The van der Waals surface area contributed by atoms with Crippen LogP contribution in [-0.2, 0) is 4.79 Å². The molecular weight excluding hydrogens is 358 g/mol. The first-order valence-electron chi connectivity index (χ1n) is 9.18. The van der Waals surface area contributed by atoms with Crippen LogP contribution in [0.25, 0.3) is 5.69 Å². The summed E-state index contributed by atoms with van der Waals surface area (Å²) in [6.45, 7) is 5.70. The predicted molar refractivity (Wildman–Crippen MR) is 106 cm³/mol. The Kier molecular flexibility index (Phi) is 5.88. The van der Waals surface area contributed by atoms with Gasteiger partial charge in [0.15, 0.2) is 0 Å². The van der Waals surface area contributed by atoms with Crippen molar-refractivity contribution in [2.75, 3.05) is 10.6 Å². The largest absolute Gasteiger partial charge is 0.338 e. The van der Waals surface area contributed by atoms with E-state index in [9.17, 15) is 9.59 Å². The zero-order valence-electron chi connectivity index (χ0n) is 16.2. The van der Waals surface area contributed by atoms with E-state index in [1.54, 1.807) is 4.68 Å². The number of amides is 2. The number of nitrogens with one attached hydrogen (secondary N) is 2. The van der Waals surface area contributed by atoms with E-state index < -0.39 is 5.91 Å². The van der Waals surface area contributed by atoms with Crippen molar-refractivity contribution in [3.05, 3.63) is 53.5 Å². The molecule has 0 aliphatic rings. The molecule has 0 aliphatic carbocycles. The van der Waals surface area contributed by atoms with Crippen molar-refractivity contribution >= 4 is 23.4 Å². The summed E-state index contributed by atoms with van der Waals surface area (Å²) in [6, 6.07) is 9.66. The third-order valence-electron chi connectivity index (χ3n) is 4.36. The fourth-order valence-electron chi connectivity index (χ4n) is 2.84. The molecule has 1 aromatic carbocycles. The van der Waals surface area contributed by atoms with Gasteiger partial charge in [-0.05, 0) is 32.4 Å². The van der Waals surface area contributed by atoms with Crippen molar-refractivity contribution in [3.63, 3.8) is 0 Å². The second-order valence-corrected chi connectivity index (χ2v) is 6.47. The van der Waals surface area contributed by atoms with E-state index in [2.05, 4.69) is 20.9 Å². The molecule has 0 unspecified atom stereocenters. The topological polar surface area (TPSA) is 102 Å². The fourth-order valence-corrected chi connectivity index (χ4v) is 2.84. The fraction of sp³-hybridized carbons (Fsp3) is 0.300. The molecule has 3 rings (SSSR count). The number of anilines is 2. The van der Waals surface area contributed by atoms with Gasteiger partial charge in [-0.15, -0.1) is 0 Å². The summed E-state index contributed by atoms with van der Waals surface area (Å²) in [6.07, 6.45) is 3.32. The number of carbonyl (C=O) groups is 2. The van der Waals surface area contributed by atoms with Gasteiger partial charge in [-0.2, -0.15) is 5.10 Å². The van der Waals surface area contributed by atoms with Crippen LogP contribution < -0.4 is 10.6 Å². The molecule has 8 heteroatoms. The van der Waals surface area contributed by atoms with E-state index in [1.807, 2.05) is 51.1 Å². The Bertz CT molecular complexity index is 975. The lowest BCUT2D eigenvalue weighted by molar-refractivity contribution is -0.116. The predicted octanol–water partition coefficient (Wildman–Crippen LogP) is 3.86. The number of hydrogen-bond donors (Lipinski definition) is 2. The highest BCUT2D eigenvalue weighted by Gasteiger charge is 2.21. The number of rotatable bonds is 7. The van der Waals surface area contributed by atoms with Crippen molar-refractivity contribution < 1.29 is 14.1 Å². The number of hydrogen-bond acceptors (Lipinski definition) is 5. The maximum absolute atomic E-state index is 12.7. The van der Waals surface area contributed by atoms with Gasteiger partial charge in [-0.1, -0.05) is 36.7 Å². The van der Waals surface area contributed by atoms with Crippen LogP contribution in [0.1, 0.15) is 47.9 Å². The van der Waals surface area contributed by atoms with Crippen molar-refractivity contribution in [1.82, 2.24) is 14.9 Å². The highest BCUT2D eigenvalue weighted by atomic mass is 16.5. The third-order valence-corrected chi connectivity index (χ3v) is 4.36. The number of nitrogens with zero attached hydrogens (tertiary/aromatic N) is 3. The normalized spacial score (nSPS) is 10.7. The number of carbonyl (C=O) groups excluding carboxylic acids is 2. The van der Waals surface area contributed by atoms with Crippen LogP contribution in [0, 0.1) is 13.8 Å². The maximum Gasteiger partial charge on any atom is 0.263 e. The summed E-state index contributed by atoms with van der Waals surface area (Å²) < 4.78 is 6.82. The van der Waals surface area contributed by atoms with Crippen LogP contribution in [0.2, 0.25) is 0 Å². The van der Waals surface area contributed by atoms with Crippen molar-refractivity contribution in [2.24, 2.45) is 0 Å². The Morgan fingerprint density at radius 2 is 1.89 bits per heavy atom. The molecule has 0 spiro atoms. The Hall–Kier alpha value is -3.42. The zero-order valence-corrected chi connectivity index (χ0v) is 16.2. The number of aryl methyl sites for hydroxylation is 1. The summed E-state index contributed by atoms with van der Waals surface area (Å²) in [5, 5.41) is 13.6. The van der Waals surface area contributed by atoms with Crippen molar-refractivity contribution in [1.29, 1.82) is 0 Å². The van der Waals surface area contributed by atoms with Gasteiger partial charge >= 0.3 is 0 Å². The van der Waals surface area contributed by atoms with E-state index in [0.29, 0.717) is 17.8 Å². The average Bonchev–Trinajstić information content (AvgIpc) is 3.26. The molecule has 2 heterocycles. The highest BCUT2D eigenvalue weighted by Crippen LogP contribution is 2.24. The molecule has 2 aromatic heterocycles. The molecule has 0 atom stereocenters. The minimum atomic E-state index is -0.425. The zero-order chi connectivity index (χ0) is 20.1. The van der Waals surface area contributed by atoms with E-state index in [0.717, 1.165) is 24.2 Å².